The SMILES string of the molecule is CC(C)(C)SCC(=O)NCC(CO)Cc1ccccn1. The van der Waals surface area contributed by atoms with E-state index in [-0.39, 0.29) is 23.2 Å². The minimum atomic E-state index is 0.00786. The summed E-state index contributed by atoms with van der Waals surface area (Å²) in [6.07, 6.45) is 2.41. The number of carbonyl (C=O) groups excluding carboxylic acids is 1. The number of pyridine rings is 1. The predicted octanol–water partition coefficient (Wildman–Crippen LogP) is 1.88. The zero-order chi connectivity index (χ0) is 15.0. The molecule has 0 aliphatic carbocycles. The quantitative estimate of drug-likeness (QED) is 0.806. The van der Waals surface area contributed by atoms with Crippen molar-refractivity contribution in [1.29, 1.82) is 0 Å². The van der Waals surface area contributed by atoms with E-state index >= 15 is 0 Å². The molecule has 2 N–H and O–H groups in total. The van der Waals surface area contributed by atoms with Crippen molar-refractivity contribution < 1.29 is 9.90 Å². The first-order valence-electron chi connectivity index (χ1n) is 6.82. The van der Waals surface area contributed by atoms with Gasteiger partial charge in [-0.15, -0.1) is 11.8 Å². The van der Waals surface area contributed by atoms with Crippen molar-refractivity contribution in [3.63, 3.8) is 0 Å². The molecule has 0 fully saturated rings. The van der Waals surface area contributed by atoms with Gasteiger partial charge in [-0.3, -0.25) is 9.78 Å². The lowest BCUT2D eigenvalue weighted by atomic mass is 10.0. The molecular formula is C15H24N2O2S. The molecule has 0 spiro atoms. The summed E-state index contributed by atoms with van der Waals surface area (Å²) in [6.45, 7) is 6.79. The summed E-state index contributed by atoms with van der Waals surface area (Å²) in [7, 11) is 0. The predicted molar refractivity (Wildman–Crippen MR) is 83.7 cm³/mol. The number of hydrogen-bond acceptors (Lipinski definition) is 4. The molecule has 0 aliphatic heterocycles. The number of nitrogens with one attached hydrogen (secondary N) is 1. The van der Waals surface area contributed by atoms with Crippen molar-refractivity contribution in [1.82, 2.24) is 10.3 Å². The highest BCUT2D eigenvalue weighted by Gasteiger charge is 2.15. The highest BCUT2D eigenvalue weighted by atomic mass is 32.2. The van der Waals surface area contributed by atoms with Gasteiger partial charge in [-0.05, 0) is 18.6 Å². The standard InChI is InChI=1S/C15H24N2O2S/c1-15(2,3)20-11-14(19)17-9-12(10-18)8-13-6-4-5-7-16-13/h4-7,12,18H,8-11H2,1-3H3,(H,17,19). The number of carbonyl (C=O) groups is 1. The minimum absolute atomic E-state index is 0.00786. The van der Waals surface area contributed by atoms with Crippen molar-refractivity contribution in [3.8, 4) is 0 Å². The molecule has 1 unspecified atom stereocenters. The maximum atomic E-state index is 11.7. The normalized spacial score (nSPS) is 13.0. The van der Waals surface area contributed by atoms with Crippen molar-refractivity contribution >= 4 is 17.7 Å². The fraction of sp³-hybridized carbons (Fsp3) is 0.600. The van der Waals surface area contributed by atoms with Crippen molar-refractivity contribution in [2.24, 2.45) is 5.92 Å². The van der Waals surface area contributed by atoms with E-state index in [0.29, 0.717) is 18.7 Å². The molecule has 0 saturated heterocycles. The van der Waals surface area contributed by atoms with Gasteiger partial charge in [-0.2, -0.15) is 0 Å². The zero-order valence-corrected chi connectivity index (χ0v) is 13.2. The van der Waals surface area contributed by atoms with Crippen LogP contribution in [-0.2, 0) is 11.2 Å². The molecule has 1 rings (SSSR count). The first-order chi connectivity index (χ1) is 9.40. The highest BCUT2D eigenvalue weighted by Crippen LogP contribution is 2.22. The lowest BCUT2D eigenvalue weighted by molar-refractivity contribution is -0.118. The number of rotatable bonds is 7. The van der Waals surface area contributed by atoms with Gasteiger partial charge in [0, 0.05) is 35.7 Å². The summed E-state index contributed by atoms with van der Waals surface area (Å²) >= 11 is 1.62. The number of aromatic nitrogens is 1. The molecule has 1 aromatic heterocycles. The Kier molecular flexibility index (Phi) is 7.02. The van der Waals surface area contributed by atoms with Gasteiger partial charge >= 0.3 is 0 Å². The second-order valence-electron chi connectivity index (χ2n) is 5.78. The van der Waals surface area contributed by atoms with Crippen LogP contribution in [0, 0.1) is 5.92 Å². The third kappa shape index (κ3) is 7.50. The maximum Gasteiger partial charge on any atom is 0.230 e. The van der Waals surface area contributed by atoms with Crippen LogP contribution < -0.4 is 5.32 Å². The van der Waals surface area contributed by atoms with E-state index < -0.39 is 0 Å². The third-order valence-corrected chi connectivity index (χ3v) is 3.98. The molecule has 0 aromatic carbocycles. The van der Waals surface area contributed by atoms with Gasteiger partial charge in [-0.1, -0.05) is 26.8 Å². The summed E-state index contributed by atoms with van der Waals surface area (Å²) in [5.41, 5.74) is 0.935. The molecule has 20 heavy (non-hydrogen) atoms. The number of nitrogens with zero attached hydrogens (tertiary/aromatic N) is 1. The average Bonchev–Trinajstić information content (AvgIpc) is 2.41. The molecule has 112 valence electrons. The molecule has 1 aromatic rings. The van der Waals surface area contributed by atoms with Gasteiger partial charge < -0.3 is 10.4 Å². The average molecular weight is 296 g/mol. The van der Waals surface area contributed by atoms with E-state index in [0.717, 1.165) is 5.69 Å². The summed E-state index contributed by atoms with van der Waals surface area (Å²) in [5.74, 6) is 0.475. The van der Waals surface area contributed by atoms with Gasteiger partial charge in [0.05, 0.1) is 5.75 Å². The third-order valence-electron chi connectivity index (χ3n) is 2.71. The Morgan fingerprint density at radius 3 is 2.75 bits per heavy atom. The fourth-order valence-corrected chi connectivity index (χ4v) is 2.27. The van der Waals surface area contributed by atoms with E-state index in [1.54, 1.807) is 18.0 Å². The van der Waals surface area contributed by atoms with E-state index in [1.807, 2.05) is 18.2 Å². The van der Waals surface area contributed by atoms with E-state index in [9.17, 15) is 9.90 Å². The molecule has 0 bridgehead atoms. The number of aliphatic hydroxyl groups excluding tert-OH is 1. The van der Waals surface area contributed by atoms with Crippen LogP contribution in [0.5, 0.6) is 0 Å². The van der Waals surface area contributed by atoms with Gasteiger partial charge in [0.15, 0.2) is 0 Å². The van der Waals surface area contributed by atoms with Crippen molar-refractivity contribution in [2.45, 2.75) is 31.9 Å². The molecule has 1 atom stereocenters. The first-order valence-corrected chi connectivity index (χ1v) is 7.80. The van der Waals surface area contributed by atoms with Crippen LogP contribution in [0.3, 0.4) is 0 Å². The molecule has 1 heterocycles. The van der Waals surface area contributed by atoms with Crippen LogP contribution in [0.2, 0.25) is 0 Å². The van der Waals surface area contributed by atoms with Crippen LogP contribution in [0.1, 0.15) is 26.5 Å². The number of aliphatic hydroxyl groups is 1. The second-order valence-corrected chi connectivity index (χ2v) is 7.58. The monoisotopic (exact) mass is 296 g/mol. The summed E-state index contributed by atoms with van der Waals surface area (Å²) in [4.78, 5) is 16.0. The van der Waals surface area contributed by atoms with E-state index in [2.05, 4.69) is 31.1 Å². The molecule has 1 amide bonds. The van der Waals surface area contributed by atoms with Crippen LogP contribution in [0.4, 0.5) is 0 Å². The van der Waals surface area contributed by atoms with Crippen LogP contribution in [0.15, 0.2) is 24.4 Å². The van der Waals surface area contributed by atoms with Crippen LogP contribution >= 0.6 is 11.8 Å². The van der Waals surface area contributed by atoms with Gasteiger partial charge in [-0.25, -0.2) is 0 Å². The Labute approximate surface area is 125 Å². The fourth-order valence-electron chi connectivity index (χ4n) is 1.61. The maximum absolute atomic E-state index is 11.7. The largest absolute Gasteiger partial charge is 0.396 e. The Bertz CT molecular complexity index is 404. The number of thioether (sulfide) groups is 1. The Balaban J connectivity index is 2.32. The second kappa shape index (κ2) is 8.27. The van der Waals surface area contributed by atoms with Gasteiger partial charge in [0.1, 0.15) is 0 Å². The smallest absolute Gasteiger partial charge is 0.230 e. The highest BCUT2D eigenvalue weighted by molar-refractivity contribution is 8.01. The number of amides is 1. The van der Waals surface area contributed by atoms with Gasteiger partial charge in [0.2, 0.25) is 5.91 Å². The summed E-state index contributed by atoms with van der Waals surface area (Å²) < 4.78 is 0.0850. The van der Waals surface area contributed by atoms with Crippen molar-refractivity contribution in [2.75, 3.05) is 18.9 Å². The minimum Gasteiger partial charge on any atom is -0.396 e. The number of hydrogen-bond donors (Lipinski definition) is 2. The van der Waals surface area contributed by atoms with Gasteiger partial charge in [0.25, 0.3) is 0 Å². The van der Waals surface area contributed by atoms with Crippen molar-refractivity contribution in [3.05, 3.63) is 30.1 Å². The summed E-state index contributed by atoms with van der Waals surface area (Å²) in [6, 6.07) is 5.72. The molecule has 0 saturated carbocycles. The summed E-state index contributed by atoms with van der Waals surface area (Å²) in [5, 5.41) is 12.3. The van der Waals surface area contributed by atoms with Crippen LogP contribution in [0.25, 0.3) is 0 Å². The molecule has 0 radical (unpaired) electrons. The Hall–Kier alpha value is -1.07. The topological polar surface area (TPSA) is 62.2 Å². The lowest BCUT2D eigenvalue weighted by Crippen LogP contribution is -2.33. The Morgan fingerprint density at radius 2 is 2.20 bits per heavy atom. The first kappa shape index (κ1) is 17.0. The zero-order valence-electron chi connectivity index (χ0n) is 12.4. The molecule has 5 heteroatoms. The molecule has 0 aliphatic rings. The molecular weight excluding hydrogens is 272 g/mol. The Morgan fingerprint density at radius 1 is 1.45 bits per heavy atom. The molecule has 4 nitrogen and oxygen atoms in total. The van der Waals surface area contributed by atoms with E-state index in [4.69, 9.17) is 0 Å². The lowest BCUT2D eigenvalue weighted by Gasteiger charge is -2.18. The van der Waals surface area contributed by atoms with Crippen LogP contribution in [-0.4, -0.2) is 39.6 Å². The van der Waals surface area contributed by atoms with E-state index in [1.165, 1.54) is 0 Å².